The van der Waals surface area contributed by atoms with Gasteiger partial charge in [0.2, 0.25) is 0 Å². The molecule has 1 amide bonds. The van der Waals surface area contributed by atoms with E-state index in [0.29, 0.717) is 11.1 Å². The molecule has 0 aliphatic heterocycles. The number of rotatable bonds is 4. The van der Waals surface area contributed by atoms with E-state index < -0.39 is 0 Å². The molecule has 4 fully saturated rings. The lowest BCUT2D eigenvalue weighted by atomic mass is 9.49. The number of fused-ring (bicyclic) bond motifs is 1. The summed E-state index contributed by atoms with van der Waals surface area (Å²) in [5.41, 5.74) is 2.53. The average molecular weight is 335 g/mol. The Morgan fingerprint density at radius 2 is 1.68 bits per heavy atom. The third-order valence-corrected chi connectivity index (χ3v) is 6.79. The first kappa shape index (κ1) is 15.3. The van der Waals surface area contributed by atoms with Crippen LogP contribution in [0.3, 0.4) is 0 Å². The summed E-state index contributed by atoms with van der Waals surface area (Å²) in [6, 6.07) is 7.67. The molecule has 1 aromatic heterocycles. The van der Waals surface area contributed by atoms with E-state index >= 15 is 0 Å². The molecule has 1 N–H and O–H groups in total. The third-order valence-electron chi connectivity index (χ3n) is 6.79. The average Bonchev–Trinajstić information content (AvgIpc) is 2.60. The van der Waals surface area contributed by atoms with Crippen molar-refractivity contribution in [2.75, 3.05) is 6.54 Å². The molecule has 25 heavy (non-hydrogen) atoms. The van der Waals surface area contributed by atoms with Crippen molar-refractivity contribution in [1.82, 2.24) is 15.3 Å². The number of hydrogen-bond donors (Lipinski definition) is 1. The molecule has 0 spiro atoms. The standard InChI is InChI=1S/C21H25N3O/c25-20(19-13-23-17-3-1-2-4-18(17)24-19)22-6-5-21-10-14-7-15(11-21)9-16(8-14)12-21/h1-4,13-16H,5-12H2,(H,22,25). The Morgan fingerprint density at radius 1 is 1.04 bits per heavy atom. The fraction of sp³-hybridized carbons (Fsp3) is 0.571. The van der Waals surface area contributed by atoms with E-state index in [-0.39, 0.29) is 5.91 Å². The summed E-state index contributed by atoms with van der Waals surface area (Å²) in [5, 5.41) is 3.10. The summed E-state index contributed by atoms with van der Waals surface area (Å²) in [6.45, 7) is 0.763. The van der Waals surface area contributed by atoms with Crippen LogP contribution in [0, 0.1) is 23.2 Å². The Hall–Kier alpha value is -1.97. The Balaban J connectivity index is 1.23. The number of carbonyl (C=O) groups is 1. The number of hydrogen-bond acceptors (Lipinski definition) is 3. The number of carbonyl (C=O) groups excluding carboxylic acids is 1. The topological polar surface area (TPSA) is 54.9 Å². The molecule has 4 saturated carbocycles. The van der Waals surface area contributed by atoms with Crippen molar-refractivity contribution < 1.29 is 4.79 Å². The van der Waals surface area contributed by atoms with Crippen LogP contribution in [0.4, 0.5) is 0 Å². The Labute approximate surface area is 148 Å². The Bertz CT molecular complexity index is 780. The highest BCUT2D eigenvalue weighted by Gasteiger charge is 2.50. The number of para-hydroxylation sites is 2. The van der Waals surface area contributed by atoms with Crippen molar-refractivity contribution in [3.8, 4) is 0 Å². The molecule has 0 saturated heterocycles. The predicted molar refractivity (Wildman–Crippen MR) is 97.1 cm³/mol. The quantitative estimate of drug-likeness (QED) is 0.920. The van der Waals surface area contributed by atoms with Gasteiger partial charge in [-0.25, -0.2) is 4.98 Å². The van der Waals surface area contributed by atoms with Crippen LogP contribution < -0.4 is 5.32 Å². The lowest BCUT2D eigenvalue weighted by molar-refractivity contribution is -0.0564. The van der Waals surface area contributed by atoms with E-state index in [1.165, 1.54) is 38.5 Å². The lowest BCUT2D eigenvalue weighted by Gasteiger charge is -2.57. The Morgan fingerprint density at radius 3 is 2.36 bits per heavy atom. The normalized spacial score (nSPS) is 32.9. The van der Waals surface area contributed by atoms with Crippen LogP contribution in [-0.2, 0) is 0 Å². The highest BCUT2D eigenvalue weighted by Crippen LogP contribution is 2.61. The molecule has 6 rings (SSSR count). The molecule has 4 aliphatic rings. The van der Waals surface area contributed by atoms with E-state index in [0.717, 1.165) is 41.8 Å². The van der Waals surface area contributed by atoms with Crippen molar-refractivity contribution in [2.24, 2.45) is 23.2 Å². The maximum atomic E-state index is 12.5. The molecular formula is C21H25N3O. The van der Waals surface area contributed by atoms with Gasteiger partial charge >= 0.3 is 0 Å². The first-order valence-corrected chi connectivity index (χ1v) is 9.69. The van der Waals surface area contributed by atoms with Gasteiger partial charge in [0.15, 0.2) is 0 Å². The van der Waals surface area contributed by atoms with Crippen molar-refractivity contribution >= 4 is 16.9 Å². The highest BCUT2D eigenvalue weighted by molar-refractivity contribution is 5.93. The number of aromatic nitrogens is 2. The van der Waals surface area contributed by atoms with Gasteiger partial charge in [-0.05, 0) is 80.2 Å². The predicted octanol–water partition coefficient (Wildman–Crippen LogP) is 3.97. The van der Waals surface area contributed by atoms with Crippen molar-refractivity contribution in [1.29, 1.82) is 0 Å². The molecule has 0 unspecified atom stereocenters. The summed E-state index contributed by atoms with van der Waals surface area (Å²) >= 11 is 0. The second kappa shape index (κ2) is 5.79. The van der Waals surface area contributed by atoms with E-state index in [1.54, 1.807) is 6.20 Å². The SMILES string of the molecule is O=C(NCCC12CC3CC(CC(C3)C1)C2)c1cnc2ccccc2n1. The minimum atomic E-state index is -0.0945. The number of nitrogens with one attached hydrogen (secondary N) is 1. The van der Waals surface area contributed by atoms with Crippen LogP contribution in [0.2, 0.25) is 0 Å². The molecule has 1 aromatic carbocycles. The van der Waals surface area contributed by atoms with E-state index in [4.69, 9.17) is 0 Å². The van der Waals surface area contributed by atoms with Crippen LogP contribution in [0.5, 0.6) is 0 Å². The van der Waals surface area contributed by atoms with Crippen molar-refractivity contribution in [3.05, 3.63) is 36.2 Å². The first-order valence-electron chi connectivity index (χ1n) is 9.69. The zero-order valence-corrected chi connectivity index (χ0v) is 14.6. The minimum absolute atomic E-state index is 0.0945. The van der Waals surface area contributed by atoms with E-state index in [9.17, 15) is 4.79 Å². The Kier molecular flexibility index (Phi) is 3.54. The molecular weight excluding hydrogens is 310 g/mol. The van der Waals surface area contributed by atoms with E-state index in [1.807, 2.05) is 24.3 Å². The number of benzene rings is 1. The van der Waals surface area contributed by atoms with Gasteiger partial charge in [-0.15, -0.1) is 0 Å². The summed E-state index contributed by atoms with van der Waals surface area (Å²) < 4.78 is 0. The minimum Gasteiger partial charge on any atom is -0.351 e. The van der Waals surface area contributed by atoms with Crippen LogP contribution in [-0.4, -0.2) is 22.4 Å². The summed E-state index contributed by atoms with van der Waals surface area (Å²) in [7, 11) is 0. The van der Waals surface area contributed by atoms with Gasteiger partial charge in [0.1, 0.15) is 5.69 Å². The highest BCUT2D eigenvalue weighted by atomic mass is 16.1. The largest absolute Gasteiger partial charge is 0.351 e. The van der Waals surface area contributed by atoms with Gasteiger partial charge in [0.05, 0.1) is 17.2 Å². The van der Waals surface area contributed by atoms with Crippen LogP contribution in [0.15, 0.2) is 30.5 Å². The molecule has 0 radical (unpaired) electrons. The van der Waals surface area contributed by atoms with Crippen LogP contribution in [0.1, 0.15) is 55.4 Å². The number of amides is 1. The lowest BCUT2D eigenvalue weighted by Crippen LogP contribution is -2.47. The second-order valence-electron chi connectivity index (χ2n) is 8.67. The molecule has 0 atom stereocenters. The van der Waals surface area contributed by atoms with Crippen LogP contribution in [0.25, 0.3) is 11.0 Å². The van der Waals surface area contributed by atoms with Crippen molar-refractivity contribution in [3.63, 3.8) is 0 Å². The number of nitrogens with zero attached hydrogens (tertiary/aromatic N) is 2. The molecule has 4 nitrogen and oxygen atoms in total. The molecule has 4 heteroatoms. The first-order chi connectivity index (χ1) is 12.2. The molecule has 4 aliphatic carbocycles. The summed E-state index contributed by atoms with van der Waals surface area (Å²) in [5.74, 6) is 2.80. The van der Waals surface area contributed by atoms with Gasteiger partial charge < -0.3 is 5.32 Å². The van der Waals surface area contributed by atoms with Gasteiger partial charge in [0, 0.05) is 6.54 Å². The monoisotopic (exact) mass is 335 g/mol. The summed E-state index contributed by atoms with van der Waals surface area (Å²) in [6.07, 6.45) is 11.3. The van der Waals surface area contributed by atoms with Gasteiger partial charge in [-0.3, -0.25) is 9.78 Å². The summed E-state index contributed by atoms with van der Waals surface area (Å²) in [4.78, 5) is 21.2. The molecule has 4 bridgehead atoms. The maximum absolute atomic E-state index is 12.5. The van der Waals surface area contributed by atoms with Crippen molar-refractivity contribution in [2.45, 2.75) is 44.9 Å². The molecule has 2 aromatic rings. The second-order valence-corrected chi connectivity index (χ2v) is 8.67. The van der Waals surface area contributed by atoms with Gasteiger partial charge in [-0.1, -0.05) is 12.1 Å². The van der Waals surface area contributed by atoms with Gasteiger partial charge in [-0.2, -0.15) is 0 Å². The van der Waals surface area contributed by atoms with E-state index in [2.05, 4.69) is 15.3 Å². The third kappa shape index (κ3) is 2.82. The van der Waals surface area contributed by atoms with Crippen LogP contribution >= 0.6 is 0 Å². The molecule has 130 valence electrons. The zero-order valence-electron chi connectivity index (χ0n) is 14.6. The van der Waals surface area contributed by atoms with Gasteiger partial charge in [0.25, 0.3) is 5.91 Å². The maximum Gasteiger partial charge on any atom is 0.271 e. The smallest absolute Gasteiger partial charge is 0.271 e. The fourth-order valence-corrected chi connectivity index (χ4v) is 6.19. The fourth-order valence-electron chi connectivity index (χ4n) is 6.19. The zero-order chi connectivity index (χ0) is 16.9. The molecule has 1 heterocycles.